The fourth-order valence-corrected chi connectivity index (χ4v) is 1.86. The van der Waals surface area contributed by atoms with Crippen LogP contribution in [0.4, 0.5) is 8.78 Å². The molecule has 0 spiro atoms. The number of aliphatic hydroxyl groups is 1. The first kappa shape index (κ1) is 18.3. The number of hydrogen-bond acceptors (Lipinski definition) is 3. The lowest BCUT2D eigenvalue weighted by molar-refractivity contribution is -0.172. The highest BCUT2D eigenvalue weighted by Crippen LogP contribution is 2.24. The summed E-state index contributed by atoms with van der Waals surface area (Å²) in [5, 5.41) is 8.59. The molecule has 0 fully saturated rings. The minimum Gasteiger partial charge on any atom is -0.462 e. The van der Waals surface area contributed by atoms with Crippen LogP contribution in [-0.2, 0) is 9.53 Å². The summed E-state index contributed by atoms with van der Waals surface area (Å²) < 4.78 is 30.8. The number of ether oxygens (including phenoxy) is 1. The van der Waals surface area contributed by atoms with E-state index in [2.05, 4.69) is 4.74 Å². The molecule has 0 aromatic carbocycles. The van der Waals surface area contributed by atoms with Crippen molar-refractivity contribution in [2.45, 2.75) is 70.6 Å². The zero-order valence-electron chi connectivity index (χ0n) is 11.8. The molecule has 0 aliphatic rings. The second kappa shape index (κ2) is 11.1. The van der Waals surface area contributed by atoms with E-state index in [1.807, 2.05) is 0 Å². The van der Waals surface area contributed by atoms with Gasteiger partial charge in [-0.15, -0.1) is 0 Å². The second-order valence-corrected chi connectivity index (χ2v) is 4.73. The minimum atomic E-state index is -3.34. The van der Waals surface area contributed by atoms with E-state index in [4.69, 9.17) is 5.11 Å². The maximum atomic E-state index is 13.2. The first-order valence-corrected chi connectivity index (χ1v) is 7.20. The molecule has 0 atom stereocenters. The Morgan fingerprint density at radius 1 is 1.00 bits per heavy atom. The van der Waals surface area contributed by atoms with Gasteiger partial charge >= 0.3 is 11.9 Å². The van der Waals surface area contributed by atoms with Gasteiger partial charge < -0.3 is 9.84 Å². The van der Waals surface area contributed by atoms with Crippen LogP contribution in [0.25, 0.3) is 0 Å². The fraction of sp³-hybridized carbons (Fsp3) is 0.929. The van der Waals surface area contributed by atoms with Crippen LogP contribution in [-0.4, -0.2) is 30.2 Å². The molecule has 0 saturated heterocycles. The van der Waals surface area contributed by atoms with E-state index >= 15 is 0 Å². The van der Waals surface area contributed by atoms with Crippen molar-refractivity contribution in [2.24, 2.45) is 0 Å². The lowest BCUT2D eigenvalue weighted by Gasteiger charge is -2.14. The Kier molecular flexibility index (Phi) is 10.7. The van der Waals surface area contributed by atoms with Gasteiger partial charge in [0.25, 0.3) is 0 Å². The molecule has 0 amide bonds. The average molecular weight is 280 g/mol. The number of carbonyl (C=O) groups excluding carboxylic acids is 1. The van der Waals surface area contributed by atoms with Gasteiger partial charge in [-0.25, -0.2) is 4.79 Å². The lowest BCUT2D eigenvalue weighted by Crippen LogP contribution is -2.30. The summed E-state index contributed by atoms with van der Waals surface area (Å²) in [5.41, 5.74) is 0. The summed E-state index contributed by atoms with van der Waals surface area (Å²) in [4.78, 5) is 10.9. The van der Waals surface area contributed by atoms with Gasteiger partial charge in [0, 0.05) is 13.0 Å². The first-order chi connectivity index (χ1) is 9.04. The molecule has 0 radical (unpaired) electrons. The Bertz CT molecular complexity index is 233. The van der Waals surface area contributed by atoms with Crippen LogP contribution in [0.1, 0.15) is 64.7 Å². The highest BCUT2D eigenvalue weighted by Gasteiger charge is 2.39. The Morgan fingerprint density at radius 2 is 1.47 bits per heavy atom. The Labute approximate surface area is 114 Å². The van der Waals surface area contributed by atoms with E-state index in [-0.39, 0.29) is 13.2 Å². The molecule has 1 N–H and O–H groups in total. The molecule has 0 rings (SSSR count). The molecular formula is C14H26F2O3. The molecule has 0 heterocycles. The van der Waals surface area contributed by atoms with E-state index in [9.17, 15) is 13.6 Å². The smallest absolute Gasteiger partial charge is 0.376 e. The monoisotopic (exact) mass is 280 g/mol. The van der Waals surface area contributed by atoms with Crippen molar-refractivity contribution in [3.05, 3.63) is 0 Å². The van der Waals surface area contributed by atoms with Crippen molar-refractivity contribution in [1.29, 1.82) is 0 Å². The summed E-state index contributed by atoms with van der Waals surface area (Å²) in [6.07, 6.45) is 6.61. The van der Waals surface area contributed by atoms with Crippen LogP contribution in [0, 0.1) is 0 Å². The quantitative estimate of drug-likeness (QED) is 0.438. The number of hydrogen-bond donors (Lipinski definition) is 1. The second-order valence-electron chi connectivity index (χ2n) is 4.73. The number of esters is 1. The highest BCUT2D eigenvalue weighted by molar-refractivity contribution is 5.77. The molecule has 0 unspecified atom stereocenters. The molecule has 0 aliphatic carbocycles. The van der Waals surface area contributed by atoms with Gasteiger partial charge in [-0.3, -0.25) is 0 Å². The van der Waals surface area contributed by atoms with Crippen LogP contribution < -0.4 is 0 Å². The number of rotatable bonds is 12. The molecule has 5 heteroatoms. The van der Waals surface area contributed by atoms with E-state index in [1.54, 1.807) is 0 Å². The topological polar surface area (TPSA) is 46.5 Å². The van der Waals surface area contributed by atoms with Crippen molar-refractivity contribution in [1.82, 2.24) is 0 Å². The predicted octanol–water partition coefficient (Wildman–Crippen LogP) is 3.69. The van der Waals surface area contributed by atoms with Gasteiger partial charge in [0.2, 0.25) is 0 Å². The van der Waals surface area contributed by atoms with Gasteiger partial charge in [0.15, 0.2) is 0 Å². The number of carbonyl (C=O) groups is 1. The zero-order chi connectivity index (χ0) is 14.6. The molecule has 0 bridgehead atoms. The number of aliphatic hydroxyl groups excluding tert-OH is 1. The Hall–Kier alpha value is -0.710. The molecule has 114 valence electrons. The lowest BCUT2D eigenvalue weighted by atomic mass is 10.1. The van der Waals surface area contributed by atoms with Gasteiger partial charge in [-0.05, 0) is 19.8 Å². The summed E-state index contributed by atoms with van der Waals surface area (Å²) in [7, 11) is 0. The SMILES string of the molecule is CCOC(=O)C(F)(F)CCCCCCCCCCO. The minimum absolute atomic E-state index is 0.0116. The molecule has 0 aliphatic heterocycles. The normalized spacial score (nSPS) is 11.6. The van der Waals surface area contributed by atoms with Crippen LogP contribution >= 0.6 is 0 Å². The van der Waals surface area contributed by atoms with Crippen molar-refractivity contribution >= 4 is 5.97 Å². The highest BCUT2D eigenvalue weighted by atomic mass is 19.3. The molecule has 0 saturated carbocycles. The van der Waals surface area contributed by atoms with Crippen LogP contribution in [0.2, 0.25) is 0 Å². The van der Waals surface area contributed by atoms with Gasteiger partial charge in [-0.2, -0.15) is 8.78 Å². The summed E-state index contributed by atoms with van der Waals surface area (Å²) in [5.74, 6) is -4.74. The Morgan fingerprint density at radius 3 is 1.95 bits per heavy atom. The third-order valence-corrected chi connectivity index (χ3v) is 2.97. The molecule has 0 aromatic heterocycles. The predicted molar refractivity (Wildman–Crippen MR) is 70.2 cm³/mol. The molecule has 3 nitrogen and oxygen atoms in total. The molecule has 19 heavy (non-hydrogen) atoms. The third kappa shape index (κ3) is 9.82. The summed E-state index contributed by atoms with van der Waals surface area (Å²) in [6, 6.07) is 0. The third-order valence-electron chi connectivity index (χ3n) is 2.97. The van der Waals surface area contributed by atoms with Crippen LogP contribution in [0.3, 0.4) is 0 Å². The fourth-order valence-electron chi connectivity index (χ4n) is 1.86. The number of alkyl halides is 2. The standard InChI is InChI=1S/C14H26F2O3/c1-2-19-13(18)14(15,16)11-9-7-5-3-4-6-8-10-12-17/h17H,2-12H2,1H3. The van der Waals surface area contributed by atoms with Gasteiger partial charge in [0.05, 0.1) is 6.61 Å². The van der Waals surface area contributed by atoms with E-state index in [1.165, 1.54) is 6.92 Å². The van der Waals surface area contributed by atoms with E-state index in [0.717, 1.165) is 44.9 Å². The zero-order valence-corrected chi connectivity index (χ0v) is 11.8. The summed E-state index contributed by atoms with van der Waals surface area (Å²) in [6.45, 7) is 1.75. The van der Waals surface area contributed by atoms with Crippen molar-refractivity contribution < 1.29 is 23.4 Å². The van der Waals surface area contributed by atoms with Gasteiger partial charge in [0.1, 0.15) is 0 Å². The maximum absolute atomic E-state index is 13.2. The average Bonchev–Trinajstić information content (AvgIpc) is 2.37. The Balaban J connectivity index is 3.45. The molecular weight excluding hydrogens is 254 g/mol. The summed E-state index contributed by atoms with van der Waals surface area (Å²) >= 11 is 0. The first-order valence-electron chi connectivity index (χ1n) is 7.20. The number of halogens is 2. The van der Waals surface area contributed by atoms with Gasteiger partial charge in [-0.1, -0.05) is 38.5 Å². The van der Waals surface area contributed by atoms with Crippen molar-refractivity contribution in [3.8, 4) is 0 Å². The van der Waals surface area contributed by atoms with Crippen molar-refractivity contribution in [2.75, 3.05) is 13.2 Å². The van der Waals surface area contributed by atoms with E-state index in [0.29, 0.717) is 6.42 Å². The molecule has 0 aromatic rings. The van der Waals surface area contributed by atoms with Crippen LogP contribution in [0.5, 0.6) is 0 Å². The largest absolute Gasteiger partial charge is 0.462 e. The van der Waals surface area contributed by atoms with Crippen LogP contribution in [0.15, 0.2) is 0 Å². The number of unbranched alkanes of at least 4 members (excludes halogenated alkanes) is 7. The van der Waals surface area contributed by atoms with Crippen molar-refractivity contribution in [3.63, 3.8) is 0 Å². The van der Waals surface area contributed by atoms with E-state index < -0.39 is 18.3 Å². The maximum Gasteiger partial charge on any atom is 0.376 e.